The van der Waals surface area contributed by atoms with E-state index in [9.17, 15) is 9.90 Å². The molecule has 0 atom stereocenters. The van der Waals surface area contributed by atoms with Gasteiger partial charge in [-0.3, -0.25) is 9.72 Å². The highest BCUT2D eigenvalue weighted by Gasteiger charge is 2.22. The normalized spacial score (nSPS) is 11.8. The van der Waals surface area contributed by atoms with Crippen molar-refractivity contribution < 1.29 is 19.7 Å². The van der Waals surface area contributed by atoms with E-state index in [0.29, 0.717) is 28.8 Å². The van der Waals surface area contributed by atoms with Crippen molar-refractivity contribution >= 4 is 61.7 Å². The minimum Gasteiger partial charge on any atom is -0.506 e. The van der Waals surface area contributed by atoms with Gasteiger partial charge in [-0.25, -0.2) is 14.5 Å². The number of nitrogens with zero attached hydrogens (tertiary/aromatic N) is 4. The molecule has 3 heterocycles. The summed E-state index contributed by atoms with van der Waals surface area (Å²) in [6.45, 7) is 6.49. The largest absolute Gasteiger partial charge is 0.506 e. The Hall–Kier alpha value is -4.23. The summed E-state index contributed by atoms with van der Waals surface area (Å²) in [4.78, 5) is 18.6. The van der Waals surface area contributed by atoms with Crippen LogP contribution in [0, 0.1) is 0 Å². The Bertz CT molecular complexity index is 2030. The summed E-state index contributed by atoms with van der Waals surface area (Å²) in [5.74, 6) is 3.18. The van der Waals surface area contributed by atoms with Gasteiger partial charge < -0.3 is 20.3 Å². The highest BCUT2D eigenvalue weighted by Crippen LogP contribution is 2.34. The Kier molecular flexibility index (Phi) is 9.14. The molecule has 6 rings (SSSR count). The number of nitrogens with one attached hydrogen (secondary N) is 2. The Labute approximate surface area is 279 Å². The number of phenols is 1. The number of hydrogen-bond acceptors (Lipinski definition) is 8. The Balaban J connectivity index is 1.17. The van der Waals surface area contributed by atoms with Crippen LogP contribution in [0.25, 0.3) is 20.9 Å². The number of aliphatic hydroxyl groups excluding tert-OH is 1. The molecule has 0 unspecified atom stereocenters. The third-order valence-electron chi connectivity index (χ3n) is 7.20. The van der Waals surface area contributed by atoms with E-state index in [1.165, 1.54) is 6.07 Å². The highest BCUT2D eigenvalue weighted by atomic mass is 35.5. The average Bonchev–Trinajstić information content (AvgIpc) is 3.72. The monoisotopic (exact) mass is 676 g/mol. The number of thiazole rings is 1. The molecule has 0 saturated carbocycles. The molecule has 0 bridgehead atoms. The Morgan fingerprint density at radius 1 is 1.11 bits per heavy atom. The van der Waals surface area contributed by atoms with Gasteiger partial charge in [0.15, 0.2) is 4.96 Å². The van der Waals surface area contributed by atoms with Crippen molar-refractivity contribution in [1.29, 1.82) is 0 Å². The van der Waals surface area contributed by atoms with Crippen molar-refractivity contribution in [1.82, 2.24) is 24.5 Å². The number of aromatic nitrogens is 4. The summed E-state index contributed by atoms with van der Waals surface area (Å²) in [6.07, 6.45) is 1.89. The Morgan fingerprint density at radius 3 is 2.72 bits per heavy atom. The number of carbonyl (C=O) groups is 1. The van der Waals surface area contributed by atoms with Crippen LogP contribution in [0.2, 0.25) is 5.02 Å². The van der Waals surface area contributed by atoms with Gasteiger partial charge in [0, 0.05) is 41.2 Å². The summed E-state index contributed by atoms with van der Waals surface area (Å²) in [6, 6.07) is 19.7. The first-order valence-electron chi connectivity index (χ1n) is 14.6. The molecule has 2 amide bonds. The highest BCUT2D eigenvalue weighted by molar-refractivity contribution is 7.98. The standard InChI is InChI=1S/C33H33ClN6O4S2/c1-33(2,3)29-16-30(40(38-29)21-8-11-26(42)24(34)14-21)37-31(43)35-17-20-6-4-5-7-27(20)44-23-9-10-25-28(15-23)46-32-36-18-22(39(25)32)19-45-13-12-41/h4-11,14-16,18,41-42H,12-13,17,19H2,1-3H3,(H2,35,37,43). The van der Waals surface area contributed by atoms with Crippen LogP contribution >= 0.6 is 34.7 Å². The second-order valence-electron chi connectivity index (χ2n) is 11.6. The number of ether oxygens (including phenoxy) is 1. The van der Waals surface area contributed by atoms with Crippen molar-refractivity contribution in [3.8, 4) is 22.9 Å². The number of fused-ring (bicyclic) bond motifs is 3. The van der Waals surface area contributed by atoms with Crippen molar-refractivity contribution in [3.63, 3.8) is 0 Å². The third-order valence-corrected chi connectivity index (χ3v) is 9.49. The molecule has 0 saturated heterocycles. The number of benzene rings is 3. The predicted molar refractivity (Wildman–Crippen MR) is 185 cm³/mol. The van der Waals surface area contributed by atoms with Gasteiger partial charge in [-0.15, -0.1) is 0 Å². The van der Waals surface area contributed by atoms with E-state index in [2.05, 4.69) is 20.0 Å². The molecule has 238 valence electrons. The van der Waals surface area contributed by atoms with Crippen LogP contribution in [0.4, 0.5) is 10.6 Å². The van der Waals surface area contributed by atoms with Crippen LogP contribution in [-0.2, 0) is 17.7 Å². The molecule has 0 spiro atoms. The van der Waals surface area contributed by atoms with E-state index in [1.807, 2.05) is 75.5 Å². The maximum absolute atomic E-state index is 13.1. The number of hydrogen-bond donors (Lipinski definition) is 4. The first-order valence-corrected chi connectivity index (χ1v) is 16.9. The van der Waals surface area contributed by atoms with E-state index >= 15 is 0 Å². The number of anilines is 1. The van der Waals surface area contributed by atoms with Crippen LogP contribution in [0.5, 0.6) is 17.2 Å². The number of halogens is 1. The van der Waals surface area contributed by atoms with E-state index in [1.54, 1.807) is 39.9 Å². The molecule has 4 N–H and O–H groups in total. The molecule has 0 aliphatic heterocycles. The number of urea groups is 1. The molecule has 46 heavy (non-hydrogen) atoms. The van der Waals surface area contributed by atoms with E-state index in [4.69, 9.17) is 26.5 Å². The van der Waals surface area contributed by atoms with E-state index in [-0.39, 0.29) is 29.3 Å². The third kappa shape index (κ3) is 6.80. The minimum absolute atomic E-state index is 0.0362. The zero-order valence-corrected chi connectivity index (χ0v) is 27.8. The minimum atomic E-state index is -0.419. The maximum Gasteiger partial charge on any atom is 0.320 e. The zero-order chi connectivity index (χ0) is 32.4. The topological polar surface area (TPSA) is 126 Å². The first kappa shape index (κ1) is 31.7. The number of rotatable bonds is 10. The van der Waals surface area contributed by atoms with Crippen LogP contribution in [0.3, 0.4) is 0 Å². The van der Waals surface area contributed by atoms with Crippen LogP contribution < -0.4 is 15.4 Å². The molecule has 13 heteroatoms. The van der Waals surface area contributed by atoms with Gasteiger partial charge in [-0.05, 0) is 36.4 Å². The molecule has 0 aliphatic rings. The fraction of sp³-hybridized carbons (Fsp3) is 0.242. The molecular weight excluding hydrogens is 644 g/mol. The summed E-state index contributed by atoms with van der Waals surface area (Å²) >= 11 is 9.43. The van der Waals surface area contributed by atoms with Crippen LogP contribution in [0.1, 0.15) is 37.7 Å². The molecule has 0 radical (unpaired) electrons. The molecule has 3 aromatic heterocycles. The number of imidazole rings is 1. The molecule has 3 aromatic carbocycles. The molecule has 6 aromatic rings. The quantitative estimate of drug-likeness (QED) is 0.109. The Morgan fingerprint density at radius 2 is 1.93 bits per heavy atom. The van der Waals surface area contributed by atoms with Crippen molar-refractivity contribution in [2.45, 2.75) is 38.5 Å². The lowest BCUT2D eigenvalue weighted by atomic mass is 9.92. The fourth-order valence-corrected chi connectivity index (χ4v) is 6.75. The lowest BCUT2D eigenvalue weighted by molar-refractivity contribution is 0.251. The number of thioether (sulfide) groups is 1. The number of phenolic OH excluding ortho intramolecular Hbond substituents is 1. The first-order chi connectivity index (χ1) is 22.1. The van der Waals surface area contributed by atoms with Gasteiger partial charge in [-0.2, -0.15) is 16.9 Å². The second kappa shape index (κ2) is 13.2. The summed E-state index contributed by atoms with van der Waals surface area (Å²) in [5.41, 5.74) is 4.05. The van der Waals surface area contributed by atoms with Crippen LogP contribution in [-0.4, -0.2) is 47.8 Å². The van der Waals surface area contributed by atoms with Gasteiger partial charge in [-0.1, -0.05) is 61.9 Å². The zero-order valence-electron chi connectivity index (χ0n) is 25.5. The smallest absolute Gasteiger partial charge is 0.320 e. The van der Waals surface area contributed by atoms with Gasteiger partial charge in [0.05, 0.1) is 45.1 Å². The summed E-state index contributed by atoms with van der Waals surface area (Å²) in [7, 11) is 0. The number of amides is 2. The number of carbonyl (C=O) groups excluding carboxylic acids is 1. The summed E-state index contributed by atoms with van der Waals surface area (Å²) < 4.78 is 11.1. The predicted octanol–water partition coefficient (Wildman–Crippen LogP) is 7.73. The number of aliphatic hydroxyl groups is 1. The molecular formula is C33H33ClN6O4S2. The van der Waals surface area contributed by atoms with E-state index < -0.39 is 6.03 Å². The molecule has 0 aliphatic carbocycles. The maximum atomic E-state index is 13.1. The number of para-hydroxylation sites is 1. The average molecular weight is 677 g/mol. The summed E-state index contributed by atoms with van der Waals surface area (Å²) in [5, 5.41) is 29.7. The molecule has 0 fully saturated rings. The van der Waals surface area contributed by atoms with Crippen molar-refractivity contribution in [3.05, 3.63) is 94.9 Å². The lowest BCUT2D eigenvalue weighted by Crippen LogP contribution is -2.29. The fourth-order valence-electron chi connectivity index (χ4n) is 4.84. The van der Waals surface area contributed by atoms with Gasteiger partial charge >= 0.3 is 6.03 Å². The van der Waals surface area contributed by atoms with Gasteiger partial charge in [0.1, 0.15) is 23.1 Å². The SMILES string of the molecule is CC(C)(C)c1cc(NC(=O)NCc2ccccc2Oc2ccc3c(c2)sc2ncc(CSCCO)n23)n(-c2ccc(O)c(Cl)c2)n1. The van der Waals surface area contributed by atoms with Crippen LogP contribution in [0.15, 0.2) is 72.9 Å². The van der Waals surface area contributed by atoms with Gasteiger partial charge in [0.2, 0.25) is 0 Å². The van der Waals surface area contributed by atoms with Gasteiger partial charge in [0.25, 0.3) is 0 Å². The second-order valence-corrected chi connectivity index (χ2v) is 14.1. The van der Waals surface area contributed by atoms with Crippen molar-refractivity contribution in [2.24, 2.45) is 0 Å². The van der Waals surface area contributed by atoms with E-state index in [0.717, 1.165) is 37.9 Å². The molecule has 10 nitrogen and oxygen atoms in total. The number of aromatic hydroxyl groups is 1. The lowest BCUT2D eigenvalue weighted by Gasteiger charge is -2.14. The van der Waals surface area contributed by atoms with Crippen molar-refractivity contribution in [2.75, 3.05) is 17.7 Å².